The molecule has 2 aliphatic rings. The minimum Gasteiger partial charge on any atom is -0.494 e. The minimum atomic E-state index is -0.354. The summed E-state index contributed by atoms with van der Waals surface area (Å²) in [6.45, 7) is 2.23. The second-order valence-electron chi connectivity index (χ2n) is 8.67. The summed E-state index contributed by atoms with van der Waals surface area (Å²) in [7, 11) is 1.45. The molecule has 8 heteroatoms. The van der Waals surface area contributed by atoms with E-state index in [9.17, 15) is 14.0 Å². The molecule has 1 aliphatic carbocycles. The molecule has 2 fully saturated rings. The number of carbonyl (C=O) groups excluding carboxylic acids is 2. The van der Waals surface area contributed by atoms with E-state index in [0.29, 0.717) is 18.0 Å². The first kappa shape index (κ1) is 23.0. The Kier molecular flexibility index (Phi) is 7.44. The highest BCUT2D eigenvalue weighted by Crippen LogP contribution is 2.30. The lowest BCUT2D eigenvalue weighted by molar-refractivity contribution is -0.124. The number of ether oxygens (including phenoxy) is 2. The molecule has 1 heterocycles. The van der Waals surface area contributed by atoms with Crippen molar-refractivity contribution in [1.29, 1.82) is 0 Å². The first-order chi connectivity index (χ1) is 16.0. The Bertz CT molecular complexity index is 987. The Hall–Kier alpha value is -3.13. The van der Waals surface area contributed by atoms with Crippen LogP contribution in [0.2, 0.25) is 0 Å². The van der Waals surface area contributed by atoms with Crippen molar-refractivity contribution >= 4 is 17.5 Å². The molecule has 0 spiro atoms. The number of halogens is 1. The second kappa shape index (κ2) is 10.7. The van der Waals surface area contributed by atoms with Crippen molar-refractivity contribution in [2.75, 3.05) is 32.1 Å². The van der Waals surface area contributed by atoms with Gasteiger partial charge in [0, 0.05) is 43.3 Å². The minimum absolute atomic E-state index is 0.0355. The van der Waals surface area contributed by atoms with Crippen LogP contribution in [0.15, 0.2) is 42.5 Å². The van der Waals surface area contributed by atoms with Crippen molar-refractivity contribution < 1.29 is 23.5 Å². The third-order valence-corrected chi connectivity index (χ3v) is 5.99. The topological polar surface area (TPSA) is 79.9 Å². The molecule has 1 saturated carbocycles. The van der Waals surface area contributed by atoms with Gasteiger partial charge in [0.25, 0.3) is 5.91 Å². The molecule has 0 radical (unpaired) electrons. The van der Waals surface area contributed by atoms with Crippen LogP contribution in [0.1, 0.15) is 31.2 Å². The molecule has 2 amide bonds. The van der Waals surface area contributed by atoms with Gasteiger partial charge in [-0.15, -0.1) is 0 Å². The summed E-state index contributed by atoms with van der Waals surface area (Å²) < 4.78 is 24.5. The number of methoxy groups -OCH3 is 1. The van der Waals surface area contributed by atoms with Crippen molar-refractivity contribution in [2.45, 2.75) is 38.3 Å². The fourth-order valence-electron chi connectivity index (χ4n) is 3.97. The summed E-state index contributed by atoms with van der Waals surface area (Å²) in [6.07, 6.45) is 3.54. The standard InChI is InChI=1S/C25H30FN3O4/c1-32-23-8-5-17(13-22(23)26)15-29-11-9-19(10-12-29)27-24(30)16-33-21-4-2-3-20(14-21)28-25(31)18-6-7-18/h2-5,8,13-14,18-19H,6-7,9-12,15-16H2,1H3,(H,27,30)(H,28,31). The van der Waals surface area contributed by atoms with E-state index in [-0.39, 0.29) is 41.9 Å². The van der Waals surface area contributed by atoms with E-state index in [1.54, 1.807) is 30.3 Å². The number of nitrogens with zero attached hydrogens (tertiary/aromatic N) is 1. The molecule has 0 atom stereocenters. The summed E-state index contributed by atoms with van der Waals surface area (Å²) in [5, 5.41) is 5.91. The van der Waals surface area contributed by atoms with E-state index < -0.39 is 0 Å². The molecule has 2 N–H and O–H groups in total. The van der Waals surface area contributed by atoms with Crippen molar-refractivity contribution in [1.82, 2.24) is 10.2 Å². The molecule has 1 aliphatic heterocycles. The largest absolute Gasteiger partial charge is 0.494 e. The van der Waals surface area contributed by atoms with Crippen LogP contribution in [0.3, 0.4) is 0 Å². The van der Waals surface area contributed by atoms with Crippen molar-refractivity contribution in [3.63, 3.8) is 0 Å². The van der Waals surface area contributed by atoms with Crippen molar-refractivity contribution in [3.8, 4) is 11.5 Å². The number of likely N-dealkylation sites (tertiary alicyclic amines) is 1. The third-order valence-electron chi connectivity index (χ3n) is 5.99. The molecule has 2 aromatic rings. The van der Waals surface area contributed by atoms with Gasteiger partial charge in [-0.1, -0.05) is 12.1 Å². The molecular formula is C25H30FN3O4. The predicted molar refractivity (Wildman–Crippen MR) is 123 cm³/mol. The molecule has 4 rings (SSSR count). The first-order valence-electron chi connectivity index (χ1n) is 11.4. The van der Waals surface area contributed by atoms with Gasteiger partial charge in [-0.3, -0.25) is 14.5 Å². The summed E-state index contributed by atoms with van der Waals surface area (Å²) in [5.41, 5.74) is 1.58. The molecular weight excluding hydrogens is 425 g/mol. The van der Waals surface area contributed by atoms with Crippen molar-refractivity contribution in [3.05, 3.63) is 53.8 Å². The molecule has 176 valence electrons. The van der Waals surface area contributed by atoms with Gasteiger partial charge in [0.15, 0.2) is 18.2 Å². The van der Waals surface area contributed by atoms with Crippen LogP contribution in [-0.4, -0.2) is 49.6 Å². The quantitative estimate of drug-likeness (QED) is 0.606. The van der Waals surface area contributed by atoms with Crippen molar-refractivity contribution in [2.24, 2.45) is 5.92 Å². The zero-order chi connectivity index (χ0) is 23.2. The van der Waals surface area contributed by atoms with Gasteiger partial charge in [-0.25, -0.2) is 4.39 Å². The van der Waals surface area contributed by atoms with E-state index in [0.717, 1.165) is 44.3 Å². The number of piperidine rings is 1. The SMILES string of the molecule is COc1ccc(CN2CCC(NC(=O)COc3cccc(NC(=O)C4CC4)c3)CC2)cc1F. The van der Waals surface area contributed by atoms with Gasteiger partial charge in [-0.2, -0.15) is 0 Å². The Morgan fingerprint density at radius 3 is 2.58 bits per heavy atom. The number of anilines is 1. The lowest BCUT2D eigenvalue weighted by atomic mass is 10.0. The van der Waals surface area contributed by atoms with Crippen LogP contribution < -0.4 is 20.1 Å². The van der Waals surface area contributed by atoms with Gasteiger partial charge in [-0.05, 0) is 55.5 Å². The Labute approximate surface area is 193 Å². The smallest absolute Gasteiger partial charge is 0.258 e. The van der Waals surface area contributed by atoms with Crippen LogP contribution >= 0.6 is 0 Å². The highest BCUT2D eigenvalue weighted by atomic mass is 19.1. The number of carbonyl (C=O) groups is 2. The Morgan fingerprint density at radius 2 is 1.88 bits per heavy atom. The van der Waals surface area contributed by atoms with Gasteiger partial charge in [0.05, 0.1) is 7.11 Å². The molecule has 1 saturated heterocycles. The van der Waals surface area contributed by atoms with Crippen LogP contribution in [0.4, 0.5) is 10.1 Å². The van der Waals surface area contributed by atoms with Crippen LogP contribution in [0.5, 0.6) is 11.5 Å². The lowest BCUT2D eigenvalue weighted by Crippen LogP contribution is -2.45. The summed E-state index contributed by atoms with van der Waals surface area (Å²) in [4.78, 5) is 26.5. The molecule has 0 unspecified atom stereocenters. The average molecular weight is 456 g/mol. The predicted octanol–water partition coefficient (Wildman–Crippen LogP) is 3.34. The van der Waals surface area contributed by atoms with E-state index in [1.165, 1.54) is 13.2 Å². The van der Waals surface area contributed by atoms with Gasteiger partial charge in [0.2, 0.25) is 5.91 Å². The number of hydrogen-bond acceptors (Lipinski definition) is 5. The summed E-state index contributed by atoms with van der Waals surface area (Å²) in [6, 6.07) is 12.2. The zero-order valence-electron chi connectivity index (χ0n) is 18.8. The van der Waals surface area contributed by atoms with E-state index in [4.69, 9.17) is 9.47 Å². The van der Waals surface area contributed by atoms with Crippen LogP contribution in [-0.2, 0) is 16.1 Å². The fourth-order valence-corrected chi connectivity index (χ4v) is 3.97. The second-order valence-corrected chi connectivity index (χ2v) is 8.67. The van der Waals surface area contributed by atoms with E-state index in [2.05, 4.69) is 15.5 Å². The maximum atomic E-state index is 13.9. The highest BCUT2D eigenvalue weighted by Gasteiger charge is 2.29. The molecule has 33 heavy (non-hydrogen) atoms. The Morgan fingerprint density at radius 1 is 1.09 bits per heavy atom. The van der Waals surface area contributed by atoms with Crippen LogP contribution in [0, 0.1) is 11.7 Å². The fraction of sp³-hybridized carbons (Fsp3) is 0.440. The number of amides is 2. The molecule has 0 bridgehead atoms. The summed E-state index contributed by atoms with van der Waals surface area (Å²) >= 11 is 0. The van der Waals surface area contributed by atoms with E-state index >= 15 is 0 Å². The lowest BCUT2D eigenvalue weighted by Gasteiger charge is -2.32. The molecule has 2 aromatic carbocycles. The van der Waals surface area contributed by atoms with Gasteiger partial charge >= 0.3 is 0 Å². The number of rotatable bonds is 9. The van der Waals surface area contributed by atoms with E-state index in [1.807, 2.05) is 6.07 Å². The number of benzene rings is 2. The van der Waals surface area contributed by atoms with Crippen LogP contribution in [0.25, 0.3) is 0 Å². The highest BCUT2D eigenvalue weighted by molar-refractivity contribution is 5.94. The Balaban J connectivity index is 1.17. The van der Waals surface area contributed by atoms with Gasteiger partial charge in [0.1, 0.15) is 5.75 Å². The third kappa shape index (κ3) is 6.68. The number of hydrogen-bond donors (Lipinski definition) is 2. The normalized spacial score (nSPS) is 16.8. The monoisotopic (exact) mass is 455 g/mol. The van der Waals surface area contributed by atoms with Gasteiger partial charge < -0.3 is 20.1 Å². The average Bonchev–Trinajstić information content (AvgIpc) is 3.65. The maximum Gasteiger partial charge on any atom is 0.258 e. The molecule has 0 aromatic heterocycles. The first-order valence-corrected chi connectivity index (χ1v) is 11.4. The zero-order valence-corrected chi connectivity index (χ0v) is 18.8. The summed E-state index contributed by atoms with van der Waals surface area (Å²) in [5.74, 6) is 0.431. The number of nitrogens with one attached hydrogen (secondary N) is 2. The molecule has 7 nitrogen and oxygen atoms in total. The maximum absolute atomic E-state index is 13.9.